The van der Waals surface area contributed by atoms with Crippen molar-refractivity contribution in [3.63, 3.8) is 0 Å². The van der Waals surface area contributed by atoms with Gasteiger partial charge in [-0.25, -0.2) is 0 Å². The molecule has 0 aromatic heterocycles. The summed E-state index contributed by atoms with van der Waals surface area (Å²) >= 11 is 0. The molecule has 3 rings (SSSR count). The second kappa shape index (κ2) is 10.1. The van der Waals surface area contributed by atoms with Crippen molar-refractivity contribution in [1.82, 2.24) is 10.6 Å². The van der Waals surface area contributed by atoms with E-state index in [-0.39, 0.29) is 5.91 Å². The molecule has 2 N–H and O–H groups in total. The fourth-order valence-electron chi connectivity index (χ4n) is 3.79. The summed E-state index contributed by atoms with van der Waals surface area (Å²) in [7, 11) is 3.27. The first-order valence-corrected chi connectivity index (χ1v) is 10.0. The molecule has 0 saturated heterocycles. The summed E-state index contributed by atoms with van der Waals surface area (Å²) in [5, 5.41) is 6.43. The molecule has 150 valence electrons. The van der Waals surface area contributed by atoms with Gasteiger partial charge in [-0.2, -0.15) is 0 Å². The van der Waals surface area contributed by atoms with E-state index in [0.29, 0.717) is 30.6 Å². The number of carbonyl (C=O) groups is 1. The molecule has 0 bridgehead atoms. The molecule has 0 unspecified atom stereocenters. The first-order valence-electron chi connectivity index (χ1n) is 10.0. The molecule has 1 aliphatic carbocycles. The van der Waals surface area contributed by atoms with Crippen molar-refractivity contribution in [2.75, 3.05) is 20.8 Å². The molecule has 1 aliphatic rings. The monoisotopic (exact) mass is 382 g/mol. The molecule has 1 saturated carbocycles. The Hall–Kier alpha value is -2.53. The summed E-state index contributed by atoms with van der Waals surface area (Å²) in [6, 6.07) is 14.5. The van der Waals surface area contributed by atoms with Gasteiger partial charge >= 0.3 is 0 Å². The van der Waals surface area contributed by atoms with Gasteiger partial charge in [0.1, 0.15) is 0 Å². The fraction of sp³-hybridized carbons (Fsp3) is 0.435. The molecule has 0 heterocycles. The number of nitrogens with one attached hydrogen (secondary N) is 2. The number of benzene rings is 2. The van der Waals surface area contributed by atoms with Gasteiger partial charge in [0.05, 0.1) is 20.8 Å². The Morgan fingerprint density at radius 2 is 1.68 bits per heavy atom. The highest BCUT2D eigenvalue weighted by atomic mass is 16.5. The lowest BCUT2D eigenvalue weighted by atomic mass is 9.95. The van der Waals surface area contributed by atoms with Gasteiger partial charge in [0.15, 0.2) is 11.5 Å². The van der Waals surface area contributed by atoms with E-state index in [1.54, 1.807) is 14.2 Å². The first kappa shape index (κ1) is 20.2. The normalized spacial score (nSPS) is 14.5. The van der Waals surface area contributed by atoms with Crippen LogP contribution in [0.3, 0.4) is 0 Å². The summed E-state index contributed by atoms with van der Waals surface area (Å²) in [4.78, 5) is 12.3. The standard InChI is InChI=1S/C23H30N2O3/c1-27-21-13-18(15-24-16-23(26)25-19-11-7-4-8-12-19)20(14-22(21)28-2)17-9-5-3-6-10-17/h3,5-6,9-10,13-14,19,24H,4,7-8,11-12,15-16H2,1-2H3,(H,25,26). The van der Waals surface area contributed by atoms with Crippen LogP contribution >= 0.6 is 0 Å². The van der Waals surface area contributed by atoms with E-state index >= 15 is 0 Å². The lowest BCUT2D eigenvalue weighted by Gasteiger charge is -2.23. The molecule has 2 aromatic carbocycles. The van der Waals surface area contributed by atoms with E-state index in [1.807, 2.05) is 30.3 Å². The van der Waals surface area contributed by atoms with Gasteiger partial charge in [-0.1, -0.05) is 49.6 Å². The Morgan fingerprint density at radius 1 is 1.00 bits per heavy atom. The van der Waals surface area contributed by atoms with E-state index in [4.69, 9.17) is 9.47 Å². The van der Waals surface area contributed by atoms with Crippen LogP contribution < -0.4 is 20.1 Å². The zero-order valence-electron chi connectivity index (χ0n) is 16.8. The van der Waals surface area contributed by atoms with E-state index < -0.39 is 0 Å². The SMILES string of the molecule is COc1cc(CNCC(=O)NC2CCCCC2)c(-c2ccccc2)cc1OC. The number of methoxy groups -OCH3 is 2. The van der Waals surface area contributed by atoms with Crippen LogP contribution in [0, 0.1) is 0 Å². The summed E-state index contributed by atoms with van der Waals surface area (Å²) < 4.78 is 10.9. The zero-order chi connectivity index (χ0) is 19.8. The van der Waals surface area contributed by atoms with Gasteiger partial charge in [0, 0.05) is 12.6 Å². The van der Waals surface area contributed by atoms with E-state index in [9.17, 15) is 4.79 Å². The molecule has 0 atom stereocenters. The Balaban J connectivity index is 1.68. The van der Waals surface area contributed by atoms with Gasteiger partial charge in [-0.15, -0.1) is 0 Å². The highest BCUT2D eigenvalue weighted by Gasteiger charge is 2.16. The highest BCUT2D eigenvalue weighted by molar-refractivity contribution is 5.78. The molecule has 1 fully saturated rings. The maximum atomic E-state index is 12.3. The van der Waals surface area contributed by atoms with E-state index in [0.717, 1.165) is 29.5 Å². The summed E-state index contributed by atoms with van der Waals surface area (Å²) in [5.41, 5.74) is 3.24. The fourth-order valence-corrected chi connectivity index (χ4v) is 3.79. The second-order valence-corrected chi connectivity index (χ2v) is 7.24. The Morgan fingerprint density at radius 3 is 2.36 bits per heavy atom. The zero-order valence-corrected chi connectivity index (χ0v) is 16.8. The van der Waals surface area contributed by atoms with E-state index in [2.05, 4.69) is 22.8 Å². The molecule has 0 aliphatic heterocycles. The number of carbonyl (C=O) groups excluding carboxylic acids is 1. The van der Waals surface area contributed by atoms with Crippen molar-refractivity contribution in [1.29, 1.82) is 0 Å². The van der Waals surface area contributed by atoms with Crippen molar-refractivity contribution in [3.05, 3.63) is 48.0 Å². The van der Waals surface area contributed by atoms with Crippen LogP contribution in [0.15, 0.2) is 42.5 Å². The largest absolute Gasteiger partial charge is 0.493 e. The molecule has 28 heavy (non-hydrogen) atoms. The molecule has 5 heteroatoms. The molecule has 2 aromatic rings. The lowest BCUT2D eigenvalue weighted by molar-refractivity contribution is -0.121. The maximum absolute atomic E-state index is 12.3. The summed E-state index contributed by atoms with van der Waals surface area (Å²) in [5.74, 6) is 1.44. The van der Waals surface area contributed by atoms with E-state index in [1.165, 1.54) is 19.3 Å². The highest BCUT2D eigenvalue weighted by Crippen LogP contribution is 2.35. The number of hydrogen-bond acceptors (Lipinski definition) is 4. The van der Waals surface area contributed by atoms with Crippen LogP contribution in [-0.4, -0.2) is 32.7 Å². The molecular weight excluding hydrogens is 352 g/mol. The van der Waals surface area contributed by atoms with Gasteiger partial charge in [0.25, 0.3) is 0 Å². The third-order valence-electron chi connectivity index (χ3n) is 5.27. The Labute approximate surface area is 167 Å². The quantitative estimate of drug-likeness (QED) is 0.727. The average molecular weight is 383 g/mol. The maximum Gasteiger partial charge on any atom is 0.234 e. The van der Waals surface area contributed by atoms with Crippen molar-refractivity contribution in [2.45, 2.75) is 44.7 Å². The molecule has 0 radical (unpaired) electrons. The van der Waals surface area contributed by atoms with Crippen LogP contribution in [0.5, 0.6) is 11.5 Å². The van der Waals surface area contributed by atoms with Crippen molar-refractivity contribution < 1.29 is 14.3 Å². The average Bonchev–Trinajstić information content (AvgIpc) is 2.74. The van der Waals surface area contributed by atoms with Crippen molar-refractivity contribution in [3.8, 4) is 22.6 Å². The third kappa shape index (κ3) is 5.26. The minimum Gasteiger partial charge on any atom is -0.493 e. The van der Waals surface area contributed by atoms with Gasteiger partial charge in [-0.3, -0.25) is 4.79 Å². The van der Waals surface area contributed by atoms with Crippen molar-refractivity contribution >= 4 is 5.91 Å². The van der Waals surface area contributed by atoms with Gasteiger partial charge in [-0.05, 0) is 41.7 Å². The van der Waals surface area contributed by atoms with Crippen molar-refractivity contribution in [2.24, 2.45) is 0 Å². The number of amides is 1. The van der Waals surface area contributed by atoms with Crippen LogP contribution in [-0.2, 0) is 11.3 Å². The Bertz CT molecular complexity index is 771. The van der Waals surface area contributed by atoms with Gasteiger partial charge < -0.3 is 20.1 Å². The van der Waals surface area contributed by atoms with Crippen LogP contribution in [0.4, 0.5) is 0 Å². The second-order valence-electron chi connectivity index (χ2n) is 7.24. The summed E-state index contributed by atoms with van der Waals surface area (Å²) in [6.45, 7) is 0.877. The van der Waals surface area contributed by atoms with Crippen LogP contribution in [0.25, 0.3) is 11.1 Å². The lowest BCUT2D eigenvalue weighted by Crippen LogP contribution is -2.41. The minimum atomic E-state index is 0.0636. The smallest absolute Gasteiger partial charge is 0.234 e. The Kier molecular flexibility index (Phi) is 7.31. The minimum absolute atomic E-state index is 0.0636. The topological polar surface area (TPSA) is 59.6 Å². The molecule has 5 nitrogen and oxygen atoms in total. The number of hydrogen-bond donors (Lipinski definition) is 2. The third-order valence-corrected chi connectivity index (χ3v) is 5.27. The predicted molar refractivity (Wildman–Crippen MR) is 112 cm³/mol. The predicted octanol–water partition coefficient (Wildman–Crippen LogP) is 3.91. The number of rotatable bonds is 8. The van der Waals surface area contributed by atoms with Crippen LogP contribution in [0.2, 0.25) is 0 Å². The van der Waals surface area contributed by atoms with Gasteiger partial charge in [0.2, 0.25) is 5.91 Å². The summed E-state index contributed by atoms with van der Waals surface area (Å²) in [6.07, 6.45) is 5.90. The first-order chi connectivity index (χ1) is 13.7. The van der Waals surface area contributed by atoms with Crippen LogP contribution in [0.1, 0.15) is 37.7 Å². The molecule has 1 amide bonds. The number of ether oxygens (including phenoxy) is 2. The molecular formula is C23H30N2O3. The molecule has 0 spiro atoms.